The number of rotatable bonds is 4. The Balaban J connectivity index is 2.00. The fourth-order valence-corrected chi connectivity index (χ4v) is 2.78. The summed E-state index contributed by atoms with van der Waals surface area (Å²) in [6.45, 7) is 0. The molecule has 0 radical (unpaired) electrons. The summed E-state index contributed by atoms with van der Waals surface area (Å²) in [5, 5.41) is 7.41. The van der Waals surface area contributed by atoms with Gasteiger partial charge < -0.3 is 10.1 Å². The van der Waals surface area contributed by atoms with Crippen molar-refractivity contribution in [1.29, 1.82) is 0 Å². The lowest BCUT2D eigenvalue weighted by Gasteiger charge is -2.15. The van der Waals surface area contributed by atoms with E-state index in [4.69, 9.17) is 16.3 Å². The van der Waals surface area contributed by atoms with Crippen LogP contribution in [-0.4, -0.2) is 28.9 Å². The van der Waals surface area contributed by atoms with Gasteiger partial charge in [-0.15, -0.1) is 0 Å². The van der Waals surface area contributed by atoms with Crippen molar-refractivity contribution in [2.24, 2.45) is 0 Å². The van der Waals surface area contributed by atoms with Crippen molar-refractivity contribution in [3.05, 3.63) is 63.6 Å². The molecule has 0 amide bonds. The minimum absolute atomic E-state index is 0.0385. The number of esters is 1. The first kappa shape index (κ1) is 16.3. The SMILES string of the molecule is COC(=O)c1ccccc1-n1ncc(NC2CC=CC2)c(Cl)c1=O. The highest BCUT2D eigenvalue weighted by Crippen LogP contribution is 2.22. The van der Waals surface area contributed by atoms with Gasteiger partial charge in [-0.05, 0) is 25.0 Å². The van der Waals surface area contributed by atoms with E-state index in [1.165, 1.54) is 13.3 Å². The summed E-state index contributed by atoms with van der Waals surface area (Å²) in [7, 11) is 1.28. The van der Waals surface area contributed by atoms with Crippen molar-refractivity contribution < 1.29 is 9.53 Å². The third-order valence-corrected chi connectivity index (χ3v) is 4.19. The molecule has 1 aliphatic rings. The van der Waals surface area contributed by atoms with Crippen LogP contribution in [0.1, 0.15) is 23.2 Å². The second-order valence-electron chi connectivity index (χ2n) is 5.38. The number of halogens is 1. The van der Waals surface area contributed by atoms with Crippen LogP contribution in [0, 0.1) is 0 Å². The van der Waals surface area contributed by atoms with Gasteiger partial charge in [-0.2, -0.15) is 9.78 Å². The van der Waals surface area contributed by atoms with Gasteiger partial charge in [0, 0.05) is 6.04 Å². The number of aromatic nitrogens is 2. The molecule has 1 aromatic carbocycles. The highest BCUT2D eigenvalue weighted by atomic mass is 35.5. The van der Waals surface area contributed by atoms with E-state index in [0.29, 0.717) is 11.4 Å². The van der Waals surface area contributed by atoms with Crippen molar-refractivity contribution in [1.82, 2.24) is 9.78 Å². The maximum atomic E-state index is 12.6. The minimum atomic E-state index is -0.547. The quantitative estimate of drug-likeness (QED) is 0.681. The van der Waals surface area contributed by atoms with Crippen molar-refractivity contribution in [2.45, 2.75) is 18.9 Å². The Kier molecular flexibility index (Phi) is 4.66. The van der Waals surface area contributed by atoms with Gasteiger partial charge in [0.15, 0.2) is 0 Å². The highest BCUT2D eigenvalue weighted by molar-refractivity contribution is 6.33. The summed E-state index contributed by atoms with van der Waals surface area (Å²) in [6, 6.07) is 6.79. The van der Waals surface area contributed by atoms with Crippen molar-refractivity contribution >= 4 is 23.3 Å². The fourth-order valence-electron chi connectivity index (χ4n) is 2.60. The molecule has 0 saturated carbocycles. The van der Waals surface area contributed by atoms with Gasteiger partial charge in [-0.25, -0.2) is 4.79 Å². The fraction of sp³-hybridized carbons (Fsp3) is 0.235. The van der Waals surface area contributed by atoms with Gasteiger partial charge in [0.05, 0.1) is 30.2 Å². The van der Waals surface area contributed by atoms with Crippen LogP contribution in [0.5, 0.6) is 0 Å². The number of carbonyl (C=O) groups is 1. The second kappa shape index (κ2) is 6.88. The lowest BCUT2D eigenvalue weighted by Crippen LogP contribution is -2.26. The molecule has 0 bridgehead atoms. The van der Waals surface area contributed by atoms with Crippen molar-refractivity contribution in [3.63, 3.8) is 0 Å². The summed E-state index contributed by atoms with van der Waals surface area (Å²) in [5.74, 6) is -0.547. The van der Waals surface area contributed by atoms with Crippen LogP contribution < -0.4 is 10.9 Å². The number of para-hydroxylation sites is 1. The zero-order chi connectivity index (χ0) is 17.1. The summed E-state index contributed by atoms with van der Waals surface area (Å²) in [6.07, 6.45) is 7.41. The first-order chi connectivity index (χ1) is 11.6. The molecule has 0 atom stereocenters. The van der Waals surface area contributed by atoms with Gasteiger partial charge in [0.25, 0.3) is 5.56 Å². The predicted octanol–water partition coefficient (Wildman–Crippen LogP) is 2.80. The zero-order valence-electron chi connectivity index (χ0n) is 13.0. The van der Waals surface area contributed by atoms with Crippen molar-refractivity contribution in [3.8, 4) is 5.69 Å². The van der Waals surface area contributed by atoms with Crippen LogP contribution in [0.2, 0.25) is 5.02 Å². The number of hydrogen-bond donors (Lipinski definition) is 1. The van der Waals surface area contributed by atoms with Gasteiger partial charge in [-0.3, -0.25) is 4.79 Å². The van der Waals surface area contributed by atoms with Crippen LogP contribution in [0.4, 0.5) is 5.69 Å². The number of nitrogens with one attached hydrogen (secondary N) is 1. The highest BCUT2D eigenvalue weighted by Gasteiger charge is 2.18. The van der Waals surface area contributed by atoms with E-state index in [1.807, 2.05) is 0 Å². The van der Waals surface area contributed by atoms with Gasteiger partial charge in [0.1, 0.15) is 5.02 Å². The van der Waals surface area contributed by atoms with E-state index in [0.717, 1.165) is 17.5 Å². The smallest absolute Gasteiger partial charge is 0.340 e. The molecule has 0 spiro atoms. The van der Waals surface area contributed by atoms with Crippen LogP contribution in [0.3, 0.4) is 0 Å². The molecule has 1 N–H and O–H groups in total. The maximum Gasteiger partial charge on any atom is 0.340 e. The van der Waals surface area contributed by atoms with E-state index in [1.54, 1.807) is 24.3 Å². The summed E-state index contributed by atoms with van der Waals surface area (Å²) in [4.78, 5) is 24.5. The molecule has 0 aliphatic heterocycles. The average Bonchev–Trinajstić information content (AvgIpc) is 3.12. The molecule has 0 fully saturated rings. The number of carbonyl (C=O) groups excluding carboxylic acids is 1. The van der Waals surface area contributed by atoms with E-state index in [-0.39, 0.29) is 16.6 Å². The lowest BCUT2D eigenvalue weighted by atomic mass is 10.2. The third-order valence-electron chi connectivity index (χ3n) is 3.82. The number of ether oxygens (including phenoxy) is 1. The second-order valence-corrected chi connectivity index (χ2v) is 5.76. The van der Waals surface area contributed by atoms with Crippen LogP contribution >= 0.6 is 11.6 Å². The molecule has 1 heterocycles. The Morgan fingerprint density at radius 1 is 1.33 bits per heavy atom. The number of anilines is 1. The molecule has 7 heteroatoms. The van der Waals surface area contributed by atoms with E-state index >= 15 is 0 Å². The van der Waals surface area contributed by atoms with Gasteiger partial charge >= 0.3 is 5.97 Å². The molecule has 0 unspecified atom stereocenters. The third kappa shape index (κ3) is 3.05. The largest absolute Gasteiger partial charge is 0.465 e. The van der Waals surface area contributed by atoms with Crippen LogP contribution in [0.15, 0.2) is 47.4 Å². The molecule has 1 aromatic heterocycles. The van der Waals surface area contributed by atoms with Crippen LogP contribution in [0.25, 0.3) is 5.69 Å². The predicted molar refractivity (Wildman–Crippen MR) is 92.0 cm³/mol. The number of benzene rings is 1. The average molecular weight is 346 g/mol. The molecular formula is C17H16ClN3O3. The molecule has 124 valence electrons. The van der Waals surface area contributed by atoms with E-state index in [9.17, 15) is 9.59 Å². The minimum Gasteiger partial charge on any atom is -0.465 e. The maximum absolute atomic E-state index is 12.6. The summed E-state index contributed by atoms with van der Waals surface area (Å²) >= 11 is 6.22. The summed E-state index contributed by atoms with van der Waals surface area (Å²) in [5.41, 5.74) is 0.558. The van der Waals surface area contributed by atoms with E-state index < -0.39 is 11.5 Å². The van der Waals surface area contributed by atoms with Gasteiger partial charge in [-0.1, -0.05) is 35.9 Å². The Labute approximate surface area is 143 Å². The van der Waals surface area contributed by atoms with Gasteiger partial charge in [0.2, 0.25) is 0 Å². The van der Waals surface area contributed by atoms with E-state index in [2.05, 4.69) is 22.6 Å². The standard InChI is InChI=1S/C17H16ClN3O3/c1-24-17(23)12-8-4-5-9-14(12)21-16(22)15(18)13(10-19-21)20-11-6-2-3-7-11/h2-5,8-11,20H,6-7H2,1H3. The molecule has 1 aliphatic carbocycles. The Hall–Kier alpha value is -2.60. The number of nitrogens with zero attached hydrogens (tertiary/aromatic N) is 2. The summed E-state index contributed by atoms with van der Waals surface area (Å²) < 4.78 is 5.85. The van der Waals surface area contributed by atoms with Crippen molar-refractivity contribution in [2.75, 3.05) is 12.4 Å². The normalized spacial score (nSPS) is 13.9. The Morgan fingerprint density at radius 2 is 2.04 bits per heavy atom. The monoisotopic (exact) mass is 345 g/mol. The number of hydrogen-bond acceptors (Lipinski definition) is 5. The first-order valence-electron chi connectivity index (χ1n) is 7.49. The molecule has 6 nitrogen and oxygen atoms in total. The first-order valence-corrected chi connectivity index (χ1v) is 7.86. The van der Waals surface area contributed by atoms with Crippen LogP contribution in [-0.2, 0) is 4.74 Å². The number of methoxy groups -OCH3 is 1. The molecule has 2 aromatic rings. The molecular weight excluding hydrogens is 330 g/mol. The molecule has 3 rings (SSSR count). The topological polar surface area (TPSA) is 73.2 Å². The zero-order valence-corrected chi connectivity index (χ0v) is 13.8. The Bertz CT molecular complexity index is 852. The lowest BCUT2D eigenvalue weighted by molar-refractivity contribution is 0.0600. The Morgan fingerprint density at radius 3 is 2.75 bits per heavy atom. The molecule has 0 saturated heterocycles. The molecule has 24 heavy (non-hydrogen) atoms.